The molecule has 1 unspecified atom stereocenters. The molecule has 0 aliphatic carbocycles. The number of unbranched alkanes of at least 4 members (excludes halogenated alkanes) is 1. The van der Waals surface area contributed by atoms with Crippen LogP contribution in [0.25, 0.3) is 0 Å². The zero-order valence-electron chi connectivity index (χ0n) is 14.8. The summed E-state index contributed by atoms with van der Waals surface area (Å²) in [7, 11) is 0. The molecule has 8 heteroatoms. The van der Waals surface area contributed by atoms with Crippen LogP contribution < -0.4 is 5.32 Å². The highest BCUT2D eigenvalue weighted by atomic mass is 79.9. The van der Waals surface area contributed by atoms with Crippen LogP contribution in [-0.2, 0) is 4.79 Å². The van der Waals surface area contributed by atoms with E-state index in [1.54, 1.807) is 12.1 Å². The largest absolute Gasteiger partial charge is 0.300 e. The number of hydrogen-bond acceptors (Lipinski definition) is 6. The van der Waals surface area contributed by atoms with Crippen molar-refractivity contribution < 1.29 is 9.59 Å². The molecule has 0 aliphatic heterocycles. The van der Waals surface area contributed by atoms with Crippen LogP contribution in [0, 0.1) is 5.92 Å². The molecule has 0 radical (unpaired) electrons. The van der Waals surface area contributed by atoms with Crippen molar-refractivity contribution in [2.45, 2.75) is 43.9 Å². The fourth-order valence-corrected chi connectivity index (χ4v) is 4.26. The molecule has 26 heavy (non-hydrogen) atoms. The predicted octanol–water partition coefficient (Wildman–Crippen LogP) is 5.43. The molecule has 1 heterocycles. The van der Waals surface area contributed by atoms with E-state index in [0.29, 0.717) is 15.0 Å². The van der Waals surface area contributed by atoms with E-state index in [1.165, 1.54) is 23.1 Å². The fraction of sp³-hybridized carbons (Fsp3) is 0.444. The summed E-state index contributed by atoms with van der Waals surface area (Å²) in [6, 6.07) is 7.28. The molecular formula is C18H22BrN3O2S2. The average Bonchev–Trinajstić information content (AvgIpc) is 3.08. The minimum atomic E-state index is -0.000381. The van der Waals surface area contributed by atoms with Gasteiger partial charge in [-0.2, -0.15) is 0 Å². The number of nitrogens with one attached hydrogen (secondary N) is 1. The molecule has 1 amide bonds. The number of aromatic nitrogens is 2. The molecule has 1 aromatic carbocycles. The minimum Gasteiger partial charge on any atom is -0.300 e. The van der Waals surface area contributed by atoms with Gasteiger partial charge in [0.05, 0.1) is 5.75 Å². The molecule has 0 spiro atoms. The number of carbonyl (C=O) groups excluding carboxylic acids is 2. The van der Waals surface area contributed by atoms with Gasteiger partial charge in [0.1, 0.15) is 0 Å². The Labute approximate surface area is 170 Å². The first-order chi connectivity index (χ1) is 12.5. The highest BCUT2D eigenvalue weighted by molar-refractivity contribution is 9.10. The van der Waals surface area contributed by atoms with E-state index >= 15 is 0 Å². The molecule has 0 saturated carbocycles. The van der Waals surface area contributed by atoms with Crippen LogP contribution in [0.15, 0.2) is 33.1 Å². The Morgan fingerprint density at radius 1 is 1.23 bits per heavy atom. The van der Waals surface area contributed by atoms with Gasteiger partial charge in [0.15, 0.2) is 10.1 Å². The Balaban J connectivity index is 1.86. The maximum Gasteiger partial charge on any atom is 0.229 e. The molecule has 0 bridgehead atoms. The van der Waals surface area contributed by atoms with Crippen molar-refractivity contribution in [3.05, 3.63) is 34.3 Å². The Morgan fingerprint density at radius 2 is 1.96 bits per heavy atom. The number of halogens is 1. The molecule has 0 fully saturated rings. The first-order valence-corrected chi connectivity index (χ1v) is 11.2. The summed E-state index contributed by atoms with van der Waals surface area (Å²) >= 11 is 5.99. The van der Waals surface area contributed by atoms with Crippen molar-refractivity contribution in [3.63, 3.8) is 0 Å². The fourth-order valence-electron chi connectivity index (χ4n) is 2.34. The maximum absolute atomic E-state index is 12.3. The highest BCUT2D eigenvalue weighted by Gasteiger charge is 2.18. The summed E-state index contributed by atoms with van der Waals surface area (Å²) in [5.41, 5.74) is 0.667. The maximum atomic E-state index is 12.3. The van der Waals surface area contributed by atoms with Crippen molar-refractivity contribution in [2.75, 3.05) is 11.1 Å². The van der Waals surface area contributed by atoms with Crippen LogP contribution in [0.5, 0.6) is 0 Å². The number of rotatable bonds is 10. The van der Waals surface area contributed by atoms with Crippen LogP contribution in [0.2, 0.25) is 0 Å². The van der Waals surface area contributed by atoms with Crippen molar-refractivity contribution in [2.24, 2.45) is 5.92 Å². The quantitative estimate of drug-likeness (QED) is 0.293. The number of thioether (sulfide) groups is 1. The van der Waals surface area contributed by atoms with E-state index in [9.17, 15) is 9.59 Å². The molecular weight excluding hydrogens is 434 g/mol. The van der Waals surface area contributed by atoms with Gasteiger partial charge in [-0.25, -0.2) is 0 Å². The van der Waals surface area contributed by atoms with E-state index in [0.717, 1.165) is 30.2 Å². The first kappa shape index (κ1) is 21.1. The van der Waals surface area contributed by atoms with Gasteiger partial charge in [-0.05, 0) is 25.0 Å². The third kappa shape index (κ3) is 6.48. The van der Waals surface area contributed by atoms with Gasteiger partial charge >= 0.3 is 0 Å². The third-order valence-corrected chi connectivity index (χ3v) is 6.40. The van der Waals surface area contributed by atoms with Crippen LogP contribution in [0.4, 0.5) is 5.13 Å². The molecule has 0 saturated heterocycles. The van der Waals surface area contributed by atoms with E-state index in [4.69, 9.17) is 0 Å². The average molecular weight is 456 g/mol. The lowest BCUT2D eigenvalue weighted by Crippen LogP contribution is -2.22. The monoisotopic (exact) mass is 455 g/mol. The Kier molecular flexibility index (Phi) is 8.74. The Morgan fingerprint density at radius 3 is 2.62 bits per heavy atom. The zero-order valence-corrected chi connectivity index (χ0v) is 18.0. The summed E-state index contributed by atoms with van der Waals surface area (Å²) < 4.78 is 1.61. The predicted molar refractivity (Wildman–Crippen MR) is 111 cm³/mol. The standard InChI is InChI=1S/C18H22BrN3O2S2/c1-3-5-6-12(4-2)16(24)20-17-21-22-18(26-17)25-11-15(23)13-7-9-14(19)10-8-13/h7-10,12H,3-6,11H2,1-2H3,(H,20,21,24). The smallest absolute Gasteiger partial charge is 0.229 e. The summed E-state index contributed by atoms with van der Waals surface area (Å²) in [5, 5.41) is 11.4. The zero-order chi connectivity index (χ0) is 18.9. The second-order valence-corrected chi connectivity index (χ2v) is 8.94. The number of anilines is 1. The van der Waals surface area contributed by atoms with Gasteiger partial charge in [-0.15, -0.1) is 10.2 Å². The number of amides is 1. The summed E-state index contributed by atoms with van der Waals surface area (Å²) in [6.07, 6.45) is 3.83. The molecule has 2 rings (SSSR count). The number of benzene rings is 1. The number of carbonyl (C=O) groups is 2. The van der Waals surface area contributed by atoms with E-state index in [2.05, 4.69) is 38.4 Å². The summed E-state index contributed by atoms with van der Waals surface area (Å²) in [5.74, 6) is 0.334. The van der Waals surface area contributed by atoms with E-state index in [-0.39, 0.29) is 23.4 Å². The summed E-state index contributed by atoms with van der Waals surface area (Å²) in [6.45, 7) is 4.14. The molecule has 140 valence electrons. The van der Waals surface area contributed by atoms with Gasteiger partial charge < -0.3 is 5.32 Å². The van der Waals surface area contributed by atoms with Crippen LogP contribution in [-0.4, -0.2) is 27.6 Å². The van der Waals surface area contributed by atoms with Gasteiger partial charge in [0, 0.05) is 16.0 Å². The molecule has 1 atom stereocenters. The lowest BCUT2D eigenvalue weighted by molar-refractivity contribution is -0.120. The Bertz CT molecular complexity index is 734. The molecule has 2 aromatic rings. The Hall–Kier alpha value is -1.25. The second-order valence-electron chi connectivity index (χ2n) is 5.83. The second kappa shape index (κ2) is 10.8. The van der Waals surface area contributed by atoms with Crippen molar-refractivity contribution >= 4 is 55.9 Å². The van der Waals surface area contributed by atoms with Gasteiger partial charge in [0.25, 0.3) is 0 Å². The van der Waals surface area contributed by atoms with Crippen LogP contribution in [0.1, 0.15) is 49.9 Å². The van der Waals surface area contributed by atoms with Crippen LogP contribution >= 0.6 is 39.0 Å². The number of Topliss-reactive ketones (excluding diaryl/α,β-unsaturated/α-hetero) is 1. The first-order valence-electron chi connectivity index (χ1n) is 8.59. The number of nitrogens with zero attached hydrogens (tertiary/aromatic N) is 2. The lowest BCUT2D eigenvalue weighted by atomic mass is 9.99. The van der Waals surface area contributed by atoms with E-state index in [1.807, 2.05) is 19.1 Å². The van der Waals surface area contributed by atoms with Gasteiger partial charge in [-0.3, -0.25) is 9.59 Å². The summed E-state index contributed by atoms with van der Waals surface area (Å²) in [4.78, 5) is 24.5. The van der Waals surface area contributed by atoms with Crippen LogP contribution in [0.3, 0.4) is 0 Å². The normalized spacial score (nSPS) is 12.0. The molecule has 1 aromatic heterocycles. The van der Waals surface area contributed by atoms with Crippen molar-refractivity contribution in [1.82, 2.24) is 10.2 Å². The molecule has 1 N–H and O–H groups in total. The third-order valence-electron chi connectivity index (χ3n) is 3.90. The topological polar surface area (TPSA) is 72.0 Å². The number of hydrogen-bond donors (Lipinski definition) is 1. The molecule has 5 nitrogen and oxygen atoms in total. The van der Waals surface area contributed by atoms with Gasteiger partial charge in [-0.1, -0.05) is 77.9 Å². The van der Waals surface area contributed by atoms with Crippen molar-refractivity contribution in [1.29, 1.82) is 0 Å². The van der Waals surface area contributed by atoms with E-state index < -0.39 is 0 Å². The highest BCUT2D eigenvalue weighted by Crippen LogP contribution is 2.27. The molecule has 0 aliphatic rings. The van der Waals surface area contributed by atoms with Gasteiger partial charge in [0.2, 0.25) is 11.0 Å². The SMILES string of the molecule is CCCCC(CC)C(=O)Nc1nnc(SCC(=O)c2ccc(Br)cc2)s1. The minimum absolute atomic E-state index is 0.000381. The lowest BCUT2D eigenvalue weighted by Gasteiger charge is -2.12. The number of ketones is 1. The van der Waals surface area contributed by atoms with Crippen molar-refractivity contribution in [3.8, 4) is 0 Å².